The van der Waals surface area contributed by atoms with Gasteiger partial charge in [-0.2, -0.15) is 5.26 Å². The van der Waals surface area contributed by atoms with Gasteiger partial charge in [-0.1, -0.05) is 12.1 Å². The van der Waals surface area contributed by atoms with E-state index in [9.17, 15) is 10.1 Å². The average molecular weight is 266 g/mol. The zero-order valence-corrected chi connectivity index (χ0v) is 11.0. The predicted molar refractivity (Wildman–Crippen MR) is 78.5 cm³/mol. The molecule has 5 N–H and O–H groups in total. The Kier molecular flexibility index (Phi) is 3.58. The van der Waals surface area contributed by atoms with Gasteiger partial charge >= 0.3 is 0 Å². The van der Waals surface area contributed by atoms with Crippen LogP contribution in [0.2, 0.25) is 0 Å². The highest BCUT2D eigenvalue weighted by Crippen LogP contribution is 2.26. The van der Waals surface area contributed by atoms with Gasteiger partial charge < -0.3 is 16.8 Å². The van der Waals surface area contributed by atoms with Crippen LogP contribution in [0.1, 0.15) is 21.5 Å². The van der Waals surface area contributed by atoms with Crippen molar-refractivity contribution in [3.63, 3.8) is 0 Å². The molecule has 0 aliphatic rings. The Morgan fingerprint density at radius 1 is 1.25 bits per heavy atom. The number of nitriles is 1. The Balaban J connectivity index is 2.51. The first-order valence-corrected chi connectivity index (χ1v) is 5.99. The van der Waals surface area contributed by atoms with Crippen LogP contribution in [-0.2, 0) is 0 Å². The zero-order chi connectivity index (χ0) is 14.7. The summed E-state index contributed by atoms with van der Waals surface area (Å²) in [5.74, 6) is -0.557. The number of primary amides is 1. The van der Waals surface area contributed by atoms with Crippen molar-refractivity contribution in [1.82, 2.24) is 0 Å². The number of carbonyl (C=O) groups is 1. The lowest BCUT2D eigenvalue weighted by molar-refractivity contribution is 0.100. The first-order chi connectivity index (χ1) is 9.52. The molecule has 2 aromatic rings. The number of benzene rings is 2. The fraction of sp³-hybridized carbons (Fsp3) is 0.0667. The molecule has 0 aromatic heterocycles. The lowest BCUT2D eigenvalue weighted by Crippen LogP contribution is -2.13. The number of nitrogens with zero attached hydrogens (tertiary/aromatic N) is 1. The minimum Gasteiger partial charge on any atom is -0.399 e. The molecule has 0 bridgehead atoms. The first kappa shape index (κ1) is 13.4. The van der Waals surface area contributed by atoms with Crippen molar-refractivity contribution in [1.29, 1.82) is 5.26 Å². The van der Waals surface area contributed by atoms with E-state index in [4.69, 9.17) is 11.5 Å². The topological polar surface area (TPSA) is 105 Å². The van der Waals surface area contributed by atoms with Gasteiger partial charge in [0.05, 0.1) is 22.5 Å². The predicted octanol–water partition coefficient (Wildman–Crippen LogP) is 2.29. The van der Waals surface area contributed by atoms with Gasteiger partial charge in [-0.05, 0) is 36.8 Å². The molecule has 0 heterocycles. The highest BCUT2D eigenvalue weighted by molar-refractivity contribution is 6.00. The molecule has 0 aliphatic heterocycles. The summed E-state index contributed by atoms with van der Waals surface area (Å²) < 4.78 is 0. The van der Waals surface area contributed by atoms with Crippen molar-refractivity contribution >= 4 is 23.0 Å². The Bertz CT molecular complexity index is 716. The van der Waals surface area contributed by atoms with Crippen LogP contribution in [0.3, 0.4) is 0 Å². The number of carbonyl (C=O) groups excluding carboxylic acids is 1. The summed E-state index contributed by atoms with van der Waals surface area (Å²) in [7, 11) is 0. The van der Waals surface area contributed by atoms with E-state index < -0.39 is 5.91 Å². The summed E-state index contributed by atoms with van der Waals surface area (Å²) in [5.41, 5.74) is 14.4. The van der Waals surface area contributed by atoms with E-state index >= 15 is 0 Å². The van der Waals surface area contributed by atoms with E-state index in [1.54, 1.807) is 24.3 Å². The summed E-state index contributed by atoms with van der Waals surface area (Å²) in [5, 5.41) is 12.3. The third-order valence-corrected chi connectivity index (χ3v) is 2.96. The molecule has 0 saturated carbocycles. The van der Waals surface area contributed by atoms with Gasteiger partial charge in [0.25, 0.3) is 5.91 Å². The van der Waals surface area contributed by atoms with Crippen LogP contribution in [0, 0.1) is 18.3 Å². The molecule has 0 spiro atoms. The molecular weight excluding hydrogens is 252 g/mol. The largest absolute Gasteiger partial charge is 0.399 e. The Morgan fingerprint density at radius 3 is 2.65 bits per heavy atom. The van der Waals surface area contributed by atoms with Crippen molar-refractivity contribution in [3.8, 4) is 6.07 Å². The number of nitrogen functional groups attached to an aromatic ring is 1. The minimum atomic E-state index is -0.557. The summed E-state index contributed by atoms with van der Waals surface area (Å²) in [4.78, 5) is 11.4. The van der Waals surface area contributed by atoms with Gasteiger partial charge in [0.2, 0.25) is 0 Å². The number of anilines is 3. The number of nitrogens with two attached hydrogens (primary N) is 2. The second-order valence-corrected chi connectivity index (χ2v) is 4.40. The maximum absolute atomic E-state index is 11.4. The first-order valence-electron chi connectivity index (χ1n) is 5.99. The quantitative estimate of drug-likeness (QED) is 0.741. The van der Waals surface area contributed by atoms with Gasteiger partial charge in [0.1, 0.15) is 6.07 Å². The average Bonchev–Trinajstić information content (AvgIpc) is 2.38. The van der Waals surface area contributed by atoms with Crippen LogP contribution in [-0.4, -0.2) is 5.91 Å². The number of aryl methyl sites for hydroxylation is 1. The maximum atomic E-state index is 11.4. The summed E-state index contributed by atoms with van der Waals surface area (Å²) in [6.07, 6.45) is 0. The SMILES string of the molecule is Cc1cccc(Nc2cc(N)ccc2C(N)=O)c1C#N. The molecule has 2 rings (SSSR count). The number of hydrogen-bond acceptors (Lipinski definition) is 4. The lowest BCUT2D eigenvalue weighted by Gasteiger charge is -2.13. The summed E-state index contributed by atoms with van der Waals surface area (Å²) >= 11 is 0. The summed E-state index contributed by atoms with van der Waals surface area (Å²) in [6.45, 7) is 1.85. The van der Waals surface area contributed by atoms with Crippen molar-refractivity contribution in [2.45, 2.75) is 6.92 Å². The highest BCUT2D eigenvalue weighted by atomic mass is 16.1. The fourth-order valence-electron chi connectivity index (χ4n) is 1.95. The van der Waals surface area contributed by atoms with Gasteiger partial charge in [-0.15, -0.1) is 0 Å². The zero-order valence-electron chi connectivity index (χ0n) is 11.0. The second kappa shape index (κ2) is 5.33. The van der Waals surface area contributed by atoms with Gasteiger partial charge in [-0.3, -0.25) is 4.79 Å². The van der Waals surface area contributed by atoms with Crippen molar-refractivity contribution in [2.24, 2.45) is 5.73 Å². The molecule has 2 aromatic carbocycles. The van der Waals surface area contributed by atoms with E-state index in [-0.39, 0.29) is 0 Å². The van der Waals surface area contributed by atoms with E-state index in [0.29, 0.717) is 28.2 Å². The number of rotatable bonds is 3. The molecule has 20 heavy (non-hydrogen) atoms. The molecular formula is C15H14N4O. The molecule has 1 amide bonds. The Labute approximate surface area is 116 Å². The number of amides is 1. The molecule has 0 saturated heterocycles. The van der Waals surface area contributed by atoms with E-state index in [1.165, 1.54) is 0 Å². The molecule has 0 fully saturated rings. The van der Waals surface area contributed by atoms with Gasteiger partial charge in [-0.25, -0.2) is 0 Å². The van der Waals surface area contributed by atoms with Crippen LogP contribution in [0.4, 0.5) is 17.1 Å². The second-order valence-electron chi connectivity index (χ2n) is 4.40. The molecule has 0 unspecified atom stereocenters. The van der Waals surface area contributed by atoms with Crippen LogP contribution in [0.5, 0.6) is 0 Å². The van der Waals surface area contributed by atoms with Crippen molar-refractivity contribution < 1.29 is 4.79 Å². The molecule has 5 nitrogen and oxygen atoms in total. The standard InChI is InChI=1S/C15H14N4O/c1-9-3-2-4-13(12(9)8-16)19-14-7-10(17)5-6-11(14)15(18)20/h2-7,19H,17H2,1H3,(H2,18,20). The van der Waals surface area contributed by atoms with Gasteiger partial charge in [0.15, 0.2) is 0 Å². The van der Waals surface area contributed by atoms with Crippen LogP contribution in [0.15, 0.2) is 36.4 Å². The normalized spacial score (nSPS) is 9.80. The van der Waals surface area contributed by atoms with Crippen LogP contribution < -0.4 is 16.8 Å². The van der Waals surface area contributed by atoms with Crippen molar-refractivity contribution in [2.75, 3.05) is 11.1 Å². The molecule has 5 heteroatoms. The molecule has 0 aliphatic carbocycles. The fourth-order valence-corrected chi connectivity index (χ4v) is 1.95. The smallest absolute Gasteiger partial charge is 0.250 e. The minimum absolute atomic E-state index is 0.324. The van der Waals surface area contributed by atoms with Crippen LogP contribution in [0.25, 0.3) is 0 Å². The molecule has 0 radical (unpaired) electrons. The van der Waals surface area contributed by atoms with Crippen molar-refractivity contribution in [3.05, 3.63) is 53.1 Å². The number of hydrogen-bond donors (Lipinski definition) is 3. The summed E-state index contributed by atoms with van der Waals surface area (Å²) in [6, 6.07) is 12.4. The maximum Gasteiger partial charge on any atom is 0.250 e. The molecule has 100 valence electrons. The molecule has 0 atom stereocenters. The Hall–Kier alpha value is -3.00. The highest BCUT2D eigenvalue weighted by Gasteiger charge is 2.11. The lowest BCUT2D eigenvalue weighted by atomic mass is 10.1. The number of nitrogens with one attached hydrogen (secondary N) is 1. The van der Waals surface area contributed by atoms with E-state index in [1.807, 2.05) is 19.1 Å². The Morgan fingerprint density at radius 2 is 2.00 bits per heavy atom. The third kappa shape index (κ3) is 2.54. The monoisotopic (exact) mass is 266 g/mol. The third-order valence-electron chi connectivity index (χ3n) is 2.96. The van der Waals surface area contributed by atoms with Crippen LogP contribution >= 0.6 is 0 Å². The van der Waals surface area contributed by atoms with E-state index in [0.717, 1.165) is 5.56 Å². The van der Waals surface area contributed by atoms with E-state index in [2.05, 4.69) is 11.4 Å². The van der Waals surface area contributed by atoms with Gasteiger partial charge in [0, 0.05) is 5.69 Å².